The van der Waals surface area contributed by atoms with E-state index in [4.69, 9.17) is 9.47 Å². The Hall–Kier alpha value is -1.53. The van der Waals surface area contributed by atoms with Crippen molar-refractivity contribution < 1.29 is 18.7 Å². The monoisotopic (exact) mass is 322 g/mol. The van der Waals surface area contributed by atoms with Gasteiger partial charge in [0.2, 0.25) is 5.91 Å². The molecule has 5 nitrogen and oxygen atoms in total. The summed E-state index contributed by atoms with van der Waals surface area (Å²) in [6, 6.07) is 2.92. The molecule has 1 amide bonds. The highest BCUT2D eigenvalue weighted by Gasteiger charge is 2.56. The highest BCUT2D eigenvalue weighted by molar-refractivity contribution is 5.78. The largest absolute Gasteiger partial charge is 0.381 e. The molecule has 0 radical (unpaired) electrons. The van der Waals surface area contributed by atoms with Crippen LogP contribution in [0.3, 0.4) is 0 Å². The molecule has 2 atom stereocenters. The van der Waals surface area contributed by atoms with E-state index in [-0.39, 0.29) is 35.6 Å². The molecule has 1 saturated heterocycles. The zero-order chi connectivity index (χ0) is 16.3. The first-order chi connectivity index (χ1) is 11.2. The Kier molecular flexibility index (Phi) is 4.92. The number of amides is 1. The van der Waals surface area contributed by atoms with Gasteiger partial charge in [-0.15, -0.1) is 0 Å². The fourth-order valence-corrected chi connectivity index (χ4v) is 3.75. The smallest absolute Gasteiger partial charge is 0.226 e. The van der Waals surface area contributed by atoms with Crippen LogP contribution >= 0.6 is 0 Å². The van der Waals surface area contributed by atoms with Crippen molar-refractivity contribution in [3.63, 3.8) is 0 Å². The van der Waals surface area contributed by atoms with Crippen molar-refractivity contribution in [3.8, 4) is 0 Å². The Balaban J connectivity index is 1.63. The lowest BCUT2D eigenvalue weighted by atomic mass is 9.57. The second-order valence-electron chi connectivity index (χ2n) is 6.25. The van der Waals surface area contributed by atoms with Gasteiger partial charge in [-0.2, -0.15) is 0 Å². The molecule has 2 fully saturated rings. The number of halogens is 1. The summed E-state index contributed by atoms with van der Waals surface area (Å²) in [5, 5.41) is 3.06. The minimum Gasteiger partial charge on any atom is -0.381 e. The molecule has 0 bridgehead atoms. The van der Waals surface area contributed by atoms with E-state index in [9.17, 15) is 9.18 Å². The van der Waals surface area contributed by atoms with Crippen molar-refractivity contribution in [1.29, 1.82) is 0 Å². The van der Waals surface area contributed by atoms with Crippen LogP contribution in [0.2, 0.25) is 0 Å². The molecule has 2 aliphatic rings. The van der Waals surface area contributed by atoms with Gasteiger partial charge in [-0.05, 0) is 38.3 Å². The molecule has 1 saturated carbocycles. The van der Waals surface area contributed by atoms with Crippen molar-refractivity contribution in [3.05, 3.63) is 29.8 Å². The van der Waals surface area contributed by atoms with Crippen molar-refractivity contribution >= 4 is 5.91 Å². The minimum absolute atomic E-state index is 0.0327. The van der Waals surface area contributed by atoms with Gasteiger partial charge in [0.25, 0.3) is 0 Å². The van der Waals surface area contributed by atoms with Gasteiger partial charge in [0.15, 0.2) is 0 Å². The minimum atomic E-state index is -0.441. The van der Waals surface area contributed by atoms with Crippen LogP contribution in [-0.2, 0) is 20.7 Å². The maximum Gasteiger partial charge on any atom is 0.226 e. The van der Waals surface area contributed by atoms with Crippen LogP contribution in [0.25, 0.3) is 0 Å². The van der Waals surface area contributed by atoms with Crippen LogP contribution in [0, 0.1) is 11.2 Å². The third kappa shape index (κ3) is 3.23. The molecule has 1 aliphatic carbocycles. The van der Waals surface area contributed by atoms with E-state index >= 15 is 0 Å². The molecule has 1 aromatic heterocycles. The van der Waals surface area contributed by atoms with Gasteiger partial charge in [0, 0.05) is 37.5 Å². The summed E-state index contributed by atoms with van der Waals surface area (Å²) >= 11 is 0. The predicted octanol–water partition coefficient (Wildman–Crippen LogP) is 1.85. The molecule has 0 aromatic carbocycles. The summed E-state index contributed by atoms with van der Waals surface area (Å²) in [6.45, 7) is 4.06. The van der Waals surface area contributed by atoms with Crippen LogP contribution in [0.15, 0.2) is 18.3 Å². The second kappa shape index (κ2) is 6.93. The number of carbonyl (C=O) groups excluding carboxylic acids is 1. The summed E-state index contributed by atoms with van der Waals surface area (Å²) in [6.07, 6.45) is 4.23. The lowest BCUT2D eigenvalue weighted by Gasteiger charge is -2.57. The maximum absolute atomic E-state index is 13.6. The van der Waals surface area contributed by atoms with Crippen LogP contribution in [0.1, 0.15) is 31.9 Å². The third-order valence-electron chi connectivity index (χ3n) is 5.07. The summed E-state index contributed by atoms with van der Waals surface area (Å²) in [5.41, 5.74) is 0.152. The van der Waals surface area contributed by atoms with E-state index in [1.165, 1.54) is 18.3 Å². The zero-order valence-corrected chi connectivity index (χ0v) is 13.4. The summed E-state index contributed by atoms with van der Waals surface area (Å²) in [4.78, 5) is 16.2. The second-order valence-corrected chi connectivity index (χ2v) is 6.25. The zero-order valence-electron chi connectivity index (χ0n) is 13.4. The van der Waals surface area contributed by atoms with E-state index in [1.807, 2.05) is 6.92 Å². The predicted molar refractivity (Wildman–Crippen MR) is 82.3 cm³/mol. The number of rotatable bonds is 5. The molecule has 1 spiro atoms. The van der Waals surface area contributed by atoms with Crippen LogP contribution in [0.5, 0.6) is 0 Å². The quantitative estimate of drug-likeness (QED) is 0.899. The average molecular weight is 322 g/mol. The molecular weight excluding hydrogens is 299 g/mol. The number of pyridine rings is 1. The first-order valence-electron chi connectivity index (χ1n) is 8.24. The van der Waals surface area contributed by atoms with Crippen LogP contribution in [0.4, 0.5) is 4.39 Å². The number of hydrogen-bond acceptors (Lipinski definition) is 4. The average Bonchev–Trinajstić information content (AvgIpc) is 2.57. The Morgan fingerprint density at radius 1 is 1.52 bits per heavy atom. The Bertz CT molecular complexity index is 561. The van der Waals surface area contributed by atoms with Gasteiger partial charge >= 0.3 is 0 Å². The highest BCUT2D eigenvalue weighted by atomic mass is 19.1. The number of carbonyl (C=O) groups is 1. The molecule has 23 heavy (non-hydrogen) atoms. The number of ether oxygens (including phenoxy) is 2. The van der Waals surface area contributed by atoms with Crippen molar-refractivity contribution in [2.24, 2.45) is 5.41 Å². The Morgan fingerprint density at radius 3 is 3.00 bits per heavy atom. The van der Waals surface area contributed by atoms with E-state index in [0.29, 0.717) is 19.8 Å². The lowest BCUT2D eigenvalue weighted by molar-refractivity contribution is -0.175. The topological polar surface area (TPSA) is 60.5 Å². The highest BCUT2D eigenvalue weighted by Crippen LogP contribution is 2.50. The van der Waals surface area contributed by atoms with E-state index in [0.717, 1.165) is 19.3 Å². The van der Waals surface area contributed by atoms with E-state index in [2.05, 4.69) is 10.3 Å². The van der Waals surface area contributed by atoms with Gasteiger partial charge in [-0.1, -0.05) is 0 Å². The molecule has 126 valence electrons. The number of nitrogens with one attached hydrogen (secondary N) is 1. The molecule has 1 aromatic rings. The number of nitrogens with zero attached hydrogens (tertiary/aromatic N) is 1. The summed E-state index contributed by atoms with van der Waals surface area (Å²) in [5.74, 6) is -0.627. The van der Waals surface area contributed by atoms with E-state index < -0.39 is 5.82 Å². The molecule has 2 heterocycles. The summed E-state index contributed by atoms with van der Waals surface area (Å²) in [7, 11) is 0. The van der Waals surface area contributed by atoms with Crippen LogP contribution < -0.4 is 5.32 Å². The standard InChI is InChI=1S/C17H23FN2O3/c1-2-23-15-11-14(17(15)5-8-22-9-6-17)20-16(21)10-13-12(18)4-3-7-19-13/h3-4,7,14-15H,2,5-6,8-11H2,1H3,(H,20,21)/t14-,15-/m1/s1. The van der Waals surface area contributed by atoms with Crippen molar-refractivity contribution in [1.82, 2.24) is 10.3 Å². The third-order valence-corrected chi connectivity index (χ3v) is 5.07. The molecule has 1 N–H and O–H groups in total. The van der Waals surface area contributed by atoms with Gasteiger partial charge in [-0.25, -0.2) is 4.39 Å². The Morgan fingerprint density at radius 2 is 2.30 bits per heavy atom. The SMILES string of the molecule is CCO[C@@H]1C[C@@H](NC(=O)Cc2ncccc2F)C12CCOCC2. The number of aromatic nitrogens is 1. The van der Waals surface area contributed by atoms with Crippen molar-refractivity contribution in [2.75, 3.05) is 19.8 Å². The first kappa shape index (κ1) is 16.3. The van der Waals surface area contributed by atoms with Gasteiger partial charge in [-0.3, -0.25) is 9.78 Å². The summed E-state index contributed by atoms with van der Waals surface area (Å²) < 4.78 is 24.9. The molecule has 0 unspecified atom stereocenters. The normalized spacial score (nSPS) is 25.8. The fraction of sp³-hybridized carbons (Fsp3) is 0.647. The van der Waals surface area contributed by atoms with Gasteiger partial charge in [0.1, 0.15) is 5.82 Å². The first-order valence-corrected chi connectivity index (χ1v) is 8.24. The van der Waals surface area contributed by atoms with Gasteiger partial charge < -0.3 is 14.8 Å². The molecule has 6 heteroatoms. The Labute approximate surface area is 135 Å². The van der Waals surface area contributed by atoms with Crippen molar-refractivity contribution in [2.45, 2.75) is 44.8 Å². The van der Waals surface area contributed by atoms with Crippen LogP contribution in [-0.4, -0.2) is 42.9 Å². The van der Waals surface area contributed by atoms with Gasteiger partial charge in [0.05, 0.1) is 18.2 Å². The molecular formula is C17H23FN2O3. The van der Waals surface area contributed by atoms with E-state index in [1.54, 1.807) is 0 Å². The molecule has 1 aliphatic heterocycles. The fourth-order valence-electron chi connectivity index (χ4n) is 3.75. The molecule has 3 rings (SSSR count). The number of hydrogen-bond donors (Lipinski definition) is 1. The maximum atomic E-state index is 13.6. The lowest BCUT2D eigenvalue weighted by Crippen LogP contribution is -2.66.